The highest BCUT2D eigenvalue weighted by Gasteiger charge is 2.66. The van der Waals surface area contributed by atoms with E-state index in [0.717, 1.165) is 0 Å². The molecule has 2 heterocycles. The number of benzene rings is 2. The molecule has 0 aromatic heterocycles. The summed E-state index contributed by atoms with van der Waals surface area (Å²) in [7, 11) is 0. The average Bonchev–Trinajstić information content (AvgIpc) is 3.33. The quantitative estimate of drug-likeness (QED) is 0.362. The summed E-state index contributed by atoms with van der Waals surface area (Å²) in [5.41, 5.74) is 4.45. The molecule has 220 valence electrons. The molecule has 5 N–H and O–H groups in total. The molecule has 0 bridgehead atoms. The van der Waals surface area contributed by atoms with Crippen molar-refractivity contribution >= 4 is 46.7 Å². The number of esters is 1. The van der Waals surface area contributed by atoms with Gasteiger partial charge < -0.3 is 26.4 Å². The predicted molar refractivity (Wildman–Crippen MR) is 155 cm³/mol. The minimum absolute atomic E-state index is 0.0951. The maximum Gasteiger partial charge on any atom is 0.320 e. The van der Waals surface area contributed by atoms with Crippen LogP contribution in [0.2, 0.25) is 10.0 Å². The summed E-state index contributed by atoms with van der Waals surface area (Å²) >= 11 is 12.5. The number of hydrogen-bond donors (Lipinski definition) is 4. The molecule has 11 heteroatoms. The first-order chi connectivity index (χ1) is 19.2. The molecule has 5 rings (SSSR count). The number of hydrogen-bond acceptors (Lipinski definition) is 6. The summed E-state index contributed by atoms with van der Waals surface area (Å²) in [5.74, 6) is -2.82. The molecule has 1 aliphatic carbocycles. The maximum absolute atomic E-state index is 15.9. The molecule has 4 atom stereocenters. The van der Waals surface area contributed by atoms with Gasteiger partial charge in [0.1, 0.15) is 16.8 Å². The maximum atomic E-state index is 15.9. The van der Waals surface area contributed by atoms with E-state index < -0.39 is 40.8 Å². The number of amides is 2. The molecule has 2 amide bonds. The molecule has 2 aliphatic heterocycles. The summed E-state index contributed by atoms with van der Waals surface area (Å²) < 4.78 is 21.3. The lowest BCUT2D eigenvalue weighted by Gasteiger charge is -2.44. The van der Waals surface area contributed by atoms with E-state index in [2.05, 4.69) is 36.7 Å². The Bertz CT molecular complexity index is 1410. The second-order valence-electron chi connectivity index (χ2n) is 12.8. The van der Waals surface area contributed by atoms with Crippen LogP contribution < -0.4 is 21.7 Å². The van der Waals surface area contributed by atoms with Crippen molar-refractivity contribution in [1.82, 2.24) is 10.6 Å². The molecular formula is C30H35Cl2FN4O4. The van der Waals surface area contributed by atoms with Crippen LogP contribution in [0.4, 0.5) is 10.1 Å². The molecule has 4 unspecified atom stereocenters. The van der Waals surface area contributed by atoms with Crippen LogP contribution in [0.1, 0.15) is 64.0 Å². The Morgan fingerprint density at radius 2 is 1.90 bits per heavy atom. The van der Waals surface area contributed by atoms with E-state index in [4.69, 9.17) is 33.7 Å². The summed E-state index contributed by atoms with van der Waals surface area (Å²) in [4.78, 5) is 39.9. The van der Waals surface area contributed by atoms with Crippen molar-refractivity contribution in [2.24, 2.45) is 11.1 Å². The molecule has 2 aromatic rings. The second-order valence-corrected chi connectivity index (χ2v) is 13.7. The van der Waals surface area contributed by atoms with Crippen LogP contribution in [0.15, 0.2) is 36.4 Å². The van der Waals surface area contributed by atoms with Gasteiger partial charge in [0.25, 0.3) is 0 Å². The zero-order chi connectivity index (χ0) is 29.9. The van der Waals surface area contributed by atoms with E-state index in [9.17, 15) is 14.4 Å². The highest BCUT2D eigenvalue weighted by Crippen LogP contribution is 2.57. The SMILES string of the molecule is CC(C)(C)CC1NC(C(=O)NC2CC(C)(OC(=O)CN)C2)C(c2cccc(Cl)c2F)C12C(=O)Nc1cc(Cl)ccc12. The van der Waals surface area contributed by atoms with Gasteiger partial charge >= 0.3 is 5.97 Å². The smallest absolute Gasteiger partial charge is 0.320 e. The van der Waals surface area contributed by atoms with Crippen molar-refractivity contribution in [1.29, 1.82) is 0 Å². The molecule has 1 saturated heterocycles. The largest absolute Gasteiger partial charge is 0.458 e. The first-order valence-electron chi connectivity index (χ1n) is 13.7. The summed E-state index contributed by atoms with van der Waals surface area (Å²) in [5, 5.41) is 9.82. The van der Waals surface area contributed by atoms with Crippen LogP contribution in [-0.2, 0) is 24.5 Å². The highest BCUT2D eigenvalue weighted by atomic mass is 35.5. The third-order valence-electron chi connectivity index (χ3n) is 8.45. The van der Waals surface area contributed by atoms with Crippen molar-refractivity contribution in [3.05, 3.63) is 63.4 Å². The van der Waals surface area contributed by atoms with Gasteiger partial charge in [-0.2, -0.15) is 0 Å². The van der Waals surface area contributed by atoms with E-state index in [0.29, 0.717) is 35.5 Å². The first-order valence-corrected chi connectivity index (χ1v) is 14.5. The minimum atomic E-state index is -1.33. The number of carbonyl (C=O) groups excluding carboxylic acids is 3. The lowest BCUT2D eigenvalue weighted by Crippen LogP contribution is -2.58. The van der Waals surface area contributed by atoms with Gasteiger partial charge in [-0.15, -0.1) is 0 Å². The zero-order valence-electron chi connectivity index (χ0n) is 23.4. The monoisotopic (exact) mass is 604 g/mol. The molecule has 1 spiro atoms. The van der Waals surface area contributed by atoms with Gasteiger partial charge in [0.15, 0.2) is 0 Å². The van der Waals surface area contributed by atoms with Gasteiger partial charge in [-0.1, -0.05) is 62.2 Å². The summed E-state index contributed by atoms with van der Waals surface area (Å²) in [6.07, 6.45) is 1.33. The standard InChI is InChI=1S/C30H35Cl2FN4O4/c1-28(2,3)13-21-30(18-9-8-15(31)10-20(18)36-27(30)40)23(17-6-5-7-19(32)24(17)33)25(37-21)26(39)35-16-11-29(4,12-16)41-22(38)14-34/h5-10,16,21,23,25,37H,11-14,34H2,1-4H3,(H,35,39)(H,36,40). The molecule has 8 nitrogen and oxygen atoms in total. The number of nitrogens with one attached hydrogen (secondary N) is 3. The normalized spacial score (nSPS) is 30.5. The lowest BCUT2D eigenvalue weighted by atomic mass is 9.62. The van der Waals surface area contributed by atoms with Gasteiger partial charge in [0.2, 0.25) is 11.8 Å². The Morgan fingerprint density at radius 1 is 1.20 bits per heavy atom. The highest BCUT2D eigenvalue weighted by molar-refractivity contribution is 6.31. The number of anilines is 1. The summed E-state index contributed by atoms with van der Waals surface area (Å²) in [6.45, 7) is 7.73. The van der Waals surface area contributed by atoms with Crippen LogP contribution in [0.5, 0.6) is 0 Å². The molecule has 2 fully saturated rings. The van der Waals surface area contributed by atoms with Crippen molar-refractivity contribution in [3.63, 3.8) is 0 Å². The minimum Gasteiger partial charge on any atom is -0.458 e. The zero-order valence-corrected chi connectivity index (χ0v) is 25.0. The first kappa shape index (κ1) is 29.8. The predicted octanol–water partition coefficient (Wildman–Crippen LogP) is 4.42. The number of halogens is 3. The van der Waals surface area contributed by atoms with Crippen molar-refractivity contribution in [2.45, 2.75) is 82.0 Å². The van der Waals surface area contributed by atoms with Crippen LogP contribution in [0.25, 0.3) is 0 Å². The van der Waals surface area contributed by atoms with Gasteiger partial charge in [-0.25, -0.2) is 4.39 Å². The number of nitrogens with two attached hydrogens (primary N) is 1. The van der Waals surface area contributed by atoms with E-state index in [1.165, 1.54) is 6.07 Å². The number of carbonyl (C=O) groups is 3. The molecular weight excluding hydrogens is 570 g/mol. The van der Waals surface area contributed by atoms with Crippen molar-refractivity contribution in [3.8, 4) is 0 Å². The van der Waals surface area contributed by atoms with Gasteiger partial charge in [0, 0.05) is 41.6 Å². The van der Waals surface area contributed by atoms with Crippen molar-refractivity contribution in [2.75, 3.05) is 11.9 Å². The van der Waals surface area contributed by atoms with Crippen molar-refractivity contribution < 1.29 is 23.5 Å². The van der Waals surface area contributed by atoms with Gasteiger partial charge in [0.05, 0.1) is 17.6 Å². The van der Waals surface area contributed by atoms with Crippen LogP contribution in [0, 0.1) is 11.2 Å². The van der Waals surface area contributed by atoms with Crippen LogP contribution >= 0.6 is 23.2 Å². The Balaban J connectivity index is 1.58. The fraction of sp³-hybridized carbons (Fsp3) is 0.500. The lowest BCUT2D eigenvalue weighted by molar-refractivity contribution is -0.167. The van der Waals surface area contributed by atoms with Gasteiger partial charge in [-0.3, -0.25) is 14.4 Å². The van der Waals surface area contributed by atoms with E-state index >= 15 is 4.39 Å². The third kappa shape index (κ3) is 5.22. The topological polar surface area (TPSA) is 123 Å². The molecule has 1 saturated carbocycles. The molecule has 2 aromatic carbocycles. The fourth-order valence-corrected chi connectivity index (χ4v) is 7.28. The average molecular weight is 606 g/mol. The molecule has 3 aliphatic rings. The molecule has 41 heavy (non-hydrogen) atoms. The number of fused-ring (bicyclic) bond motifs is 2. The Hall–Kier alpha value is -2.72. The number of rotatable bonds is 6. The Kier molecular flexibility index (Phi) is 7.64. The van der Waals surface area contributed by atoms with E-state index in [-0.39, 0.29) is 40.4 Å². The van der Waals surface area contributed by atoms with Crippen LogP contribution in [-0.4, -0.2) is 48.1 Å². The van der Waals surface area contributed by atoms with Gasteiger partial charge in [-0.05, 0) is 48.1 Å². The Morgan fingerprint density at radius 3 is 2.56 bits per heavy atom. The number of ether oxygens (including phenoxy) is 1. The van der Waals surface area contributed by atoms with Crippen LogP contribution in [0.3, 0.4) is 0 Å². The summed E-state index contributed by atoms with van der Waals surface area (Å²) in [6, 6.07) is 8.04. The Labute approximate surface area is 248 Å². The third-order valence-corrected chi connectivity index (χ3v) is 8.98. The van der Waals surface area contributed by atoms with E-state index in [1.807, 2.05) is 0 Å². The second kappa shape index (κ2) is 10.5. The molecule has 0 radical (unpaired) electrons. The fourth-order valence-electron chi connectivity index (χ4n) is 6.93. The van der Waals surface area contributed by atoms with E-state index in [1.54, 1.807) is 37.3 Å².